The Morgan fingerprint density at radius 3 is 1.32 bits per heavy atom. The van der Waals surface area contributed by atoms with Crippen LogP contribution in [0.4, 0.5) is 9.41 Å². The zero-order chi connectivity index (χ0) is 24.1. The largest absolute Gasteiger partial charge is 0.393 e. The van der Waals surface area contributed by atoms with Gasteiger partial charge in [0, 0.05) is 0 Å². The first-order chi connectivity index (χ1) is 15.4. The summed E-state index contributed by atoms with van der Waals surface area (Å²) in [6, 6.07) is -0.307. The molecule has 210 valence electrons. The summed E-state index contributed by atoms with van der Waals surface area (Å²) in [6.45, 7) is 8.51. The second-order valence-corrected chi connectivity index (χ2v) is 10.1. The van der Waals surface area contributed by atoms with E-state index >= 15 is 0 Å². The van der Waals surface area contributed by atoms with Gasteiger partial charge in [0.15, 0.2) is 0 Å². The Morgan fingerprint density at radius 1 is 0.647 bits per heavy atom. The molecule has 0 aliphatic heterocycles. The highest BCUT2D eigenvalue weighted by Gasteiger charge is 2.42. The van der Waals surface area contributed by atoms with E-state index in [4.69, 9.17) is 0 Å². The lowest BCUT2D eigenvalue weighted by Crippen LogP contribution is -2.66. The molecule has 7 heteroatoms. The Bertz CT molecular complexity index is 400. The van der Waals surface area contributed by atoms with Crippen molar-refractivity contribution in [2.75, 3.05) is 6.54 Å². The van der Waals surface area contributed by atoms with Crippen LogP contribution in [0.15, 0.2) is 0 Å². The predicted molar refractivity (Wildman–Crippen MR) is 142 cm³/mol. The molecule has 5 nitrogen and oxygen atoms in total. The van der Waals surface area contributed by atoms with E-state index in [1.807, 2.05) is 6.92 Å². The summed E-state index contributed by atoms with van der Waals surface area (Å²) < 4.78 is 0. The number of aliphatic hydroxyl groups excluding tert-OH is 2. The molecule has 0 aromatic heterocycles. The average Bonchev–Trinajstić information content (AvgIpc) is 2.75. The van der Waals surface area contributed by atoms with Crippen LogP contribution in [-0.4, -0.2) is 45.8 Å². The SMILES string of the molecule is CCCCCCCCCCCCCCCCCCNC(CC(C)O)(C(C)O)C(CC)NO.F.F. The fraction of sp³-hybridized carbons (Fsp3) is 1.00. The molecule has 0 heterocycles. The maximum Gasteiger partial charge on any atom is 0.0710 e. The minimum atomic E-state index is -0.729. The van der Waals surface area contributed by atoms with Crippen LogP contribution in [0.25, 0.3) is 0 Å². The van der Waals surface area contributed by atoms with E-state index in [-0.39, 0.29) is 15.5 Å². The van der Waals surface area contributed by atoms with Crippen molar-refractivity contribution in [2.24, 2.45) is 0 Å². The van der Waals surface area contributed by atoms with Crippen LogP contribution in [0.5, 0.6) is 0 Å². The number of aliphatic hydroxyl groups is 2. The second-order valence-electron chi connectivity index (χ2n) is 10.1. The number of nitrogens with one attached hydrogen (secondary N) is 2. The van der Waals surface area contributed by atoms with Crippen molar-refractivity contribution < 1.29 is 24.8 Å². The Labute approximate surface area is 209 Å². The fourth-order valence-electron chi connectivity index (χ4n) is 5.00. The quantitative estimate of drug-likeness (QED) is 0.0747. The molecule has 0 rings (SSSR count). The third kappa shape index (κ3) is 18.0. The highest BCUT2D eigenvalue weighted by molar-refractivity contribution is 5.02. The molecule has 4 unspecified atom stereocenters. The molecule has 0 amide bonds. The molecule has 0 saturated carbocycles. The molecule has 5 N–H and O–H groups in total. The summed E-state index contributed by atoms with van der Waals surface area (Å²) in [4.78, 5) is 0. The zero-order valence-corrected chi connectivity index (χ0v) is 22.8. The summed E-state index contributed by atoms with van der Waals surface area (Å²) in [5.41, 5.74) is 1.62. The summed E-state index contributed by atoms with van der Waals surface area (Å²) >= 11 is 0. The lowest BCUT2D eigenvalue weighted by molar-refractivity contribution is -0.0268. The third-order valence-electron chi connectivity index (χ3n) is 7.05. The van der Waals surface area contributed by atoms with Gasteiger partial charge < -0.3 is 20.7 Å². The van der Waals surface area contributed by atoms with Crippen LogP contribution < -0.4 is 10.8 Å². The highest BCUT2D eigenvalue weighted by Crippen LogP contribution is 2.25. The average molecular weight is 499 g/mol. The monoisotopic (exact) mass is 498 g/mol. The van der Waals surface area contributed by atoms with Crippen molar-refractivity contribution in [3.8, 4) is 0 Å². The van der Waals surface area contributed by atoms with Gasteiger partial charge in [0.2, 0.25) is 0 Å². The van der Waals surface area contributed by atoms with Gasteiger partial charge >= 0.3 is 0 Å². The number of halogens is 2. The Morgan fingerprint density at radius 2 is 1.03 bits per heavy atom. The van der Waals surface area contributed by atoms with E-state index in [9.17, 15) is 15.4 Å². The first-order valence-electron chi connectivity index (χ1n) is 13.9. The first-order valence-corrected chi connectivity index (χ1v) is 13.9. The highest BCUT2D eigenvalue weighted by atomic mass is 19.0. The second kappa shape index (κ2) is 25.7. The van der Waals surface area contributed by atoms with Crippen molar-refractivity contribution in [1.29, 1.82) is 0 Å². The maximum atomic E-state index is 10.5. The molecule has 0 bridgehead atoms. The van der Waals surface area contributed by atoms with Gasteiger partial charge in [-0.2, -0.15) is 0 Å². The van der Waals surface area contributed by atoms with Crippen LogP contribution in [0.1, 0.15) is 143 Å². The molecule has 0 spiro atoms. The van der Waals surface area contributed by atoms with Crippen LogP contribution >= 0.6 is 0 Å². The Hall–Kier alpha value is -0.340. The Kier molecular flexibility index (Phi) is 28.9. The number of unbranched alkanes of at least 4 members (excludes halogenated alkanes) is 15. The van der Waals surface area contributed by atoms with E-state index < -0.39 is 17.7 Å². The topological polar surface area (TPSA) is 84.8 Å². The molecule has 0 radical (unpaired) electrons. The number of hydrogen-bond donors (Lipinski definition) is 5. The minimum absolute atomic E-state index is 0. The third-order valence-corrected chi connectivity index (χ3v) is 7.05. The van der Waals surface area contributed by atoms with Gasteiger partial charge in [0.05, 0.1) is 23.8 Å². The summed E-state index contributed by atoms with van der Waals surface area (Å²) in [5, 5.41) is 33.5. The van der Waals surface area contributed by atoms with Gasteiger partial charge in [-0.3, -0.25) is 9.41 Å². The lowest BCUT2D eigenvalue weighted by Gasteiger charge is -2.44. The molecule has 34 heavy (non-hydrogen) atoms. The standard InChI is InChI=1S/C27H58N2O3.2FH/c1-5-7-8-9-10-11-12-13-14-15-16-17-18-19-20-21-22-28-27(25(4)31,23-24(3)30)26(6-2)29-32;;/h24-26,28-32H,5-23H2,1-4H3;2*1H. The van der Waals surface area contributed by atoms with Crippen molar-refractivity contribution in [1.82, 2.24) is 10.8 Å². The van der Waals surface area contributed by atoms with Gasteiger partial charge in [0.1, 0.15) is 0 Å². The molecule has 0 aliphatic carbocycles. The van der Waals surface area contributed by atoms with Crippen molar-refractivity contribution in [3.63, 3.8) is 0 Å². The Balaban J connectivity index is -0.00000480. The smallest absolute Gasteiger partial charge is 0.0710 e. The van der Waals surface area contributed by atoms with Gasteiger partial charge in [0.25, 0.3) is 0 Å². The van der Waals surface area contributed by atoms with Crippen LogP contribution in [0.3, 0.4) is 0 Å². The van der Waals surface area contributed by atoms with Gasteiger partial charge in [-0.25, -0.2) is 5.48 Å². The maximum absolute atomic E-state index is 10.5. The van der Waals surface area contributed by atoms with Crippen molar-refractivity contribution in [2.45, 2.75) is 167 Å². The molecule has 0 saturated heterocycles. The fourth-order valence-corrected chi connectivity index (χ4v) is 5.00. The van der Waals surface area contributed by atoms with E-state index in [1.165, 1.54) is 96.3 Å². The van der Waals surface area contributed by atoms with E-state index in [1.54, 1.807) is 13.8 Å². The number of rotatable bonds is 24. The molecule has 0 fully saturated rings. The van der Waals surface area contributed by atoms with Crippen LogP contribution in [0, 0.1) is 0 Å². The van der Waals surface area contributed by atoms with E-state index in [0.717, 1.165) is 13.0 Å². The molecular formula is C27H60F2N2O3. The minimum Gasteiger partial charge on any atom is -0.393 e. The first kappa shape index (κ1) is 38.2. The number of hydrogen-bond acceptors (Lipinski definition) is 5. The van der Waals surface area contributed by atoms with E-state index in [0.29, 0.717) is 12.8 Å². The van der Waals surface area contributed by atoms with Gasteiger partial charge in [-0.15, -0.1) is 0 Å². The van der Waals surface area contributed by atoms with Gasteiger partial charge in [-0.1, -0.05) is 110 Å². The van der Waals surface area contributed by atoms with Crippen molar-refractivity contribution >= 4 is 0 Å². The molecular weight excluding hydrogens is 438 g/mol. The zero-order valence-electron chi connectivity index (χ0n) is 22.8. The van der Waals surface area contributed by atoms with Crippen LogP contribution in [0.2, 0.25) is 0 Å². The van der Waals surface area contributed by atoms with Crippen molar-refractivity contribution in [3.05, 3.63) is 0 Å². The molecule has 0 aromatic carbocycles. The summed E-state index contributed by atoms with van der Waals surface area (Å²) in [7, 11) is 0. The summed E-state index contributed by atoms with van der Waals surface area (Å²) in [6.07, 6.45) is 21.4. The molecule has 4 atom stereocenters. The molecule has 0 aliphatic rings. The number of hydroxylamine groups is 1. The van der Waals surface area contributed by atoms with E-state index in [2.05, 4.69) is 17.7 Å². The predicted octanol–water partition coefficient (Wildman–Crippen LogP) is 6.79. The van der Waals surface area contributed by atoms with Crippen LogP contribution in [-0.2, 0) is 0 Å². The molecule has 0 aromatic rings. The summed E-state index contributed by atoms with van der Waals surface area (Å²) in [5.74, 6) is 0. The van der Waals surface area contributed by atoms with Gasteiger partial charge in [-0.05, 0) is 39.7 Å². The normalized spacial score (nSPS) is 15.6. The lowest BCUT2D eigenvalue weighted by atomic mass is 9.79.